The van der Waals surface area contributed by atoms with E-state index in [1.165, 1.54) is 0 Å². The Labute approximate surface area is 91.1 Å². The van der Waals surface area contributed by atoms with Crippen molar-refractivity contribution in [3.8, 4) is 0 Å². The number of nitrogens with one attached hydrogen (secondary N) is 1. The zero-order chi connectivity index (χ0) is 11.8. The molecule has 1 aliphatic heterocycles. The van der Waals surface area contributed by atoms with Crippen molar-refractivity contribution in [2.45, 2.75) is 18.4 Å². The van der Waals surface area contributed by atoms with Crippen molar-refractivity contribution in [1.29, 1.82) is 0 Å². The number of hydrogen-bond donors (Lipinski definition) is 2. The number of hydrogen-bond acceptors (Lipinski definition) is 2. The summed E-state index contributed by atoms with van der Waals surface area (Å²) in [5, 5.41) is 13.0. The number of β-amino-alcohol motifs (C(OH)–C–C–N with tert-alkyl or cyclic N) is 1. The molecule has 1 saturated heterocycles. The molecule has 2 rings (SSSR count). The van der Waals surface area contributed by atoms with Crippen LogP contribution in [0.3, 0.4) is 0 Å². The summed E-state index contributed by atoms with van der Waals surface area (Å²) in [4.78, 5) is 0. The molecule has 0 saturated carbocycles. The number of rotatable bonds is 2. The largest absolute Gasteiger partial charge is 0.388 e. The monoisotopic (exact) mass is 231 g/mol. The standard InChI is InChI=1S/C11H12F3NO/c12-8-3-7(4-9(13)10(8)14)5-11(16)1-2-15-6-11/h3-4,15-16H,1-2,5-6H2. The number of halogens is 3. The fraction of sp³-hybridized carbons (Fsp3) is 0.455. The van der Waals surface area contributed by atoms with Gasteiger partial charge in [-0.1, -0.05) is 0 Å². The van der Waals surface area contributed by atoms with Gasteiger partial charge in [-0.3, -0.25) is 0 Å². The van der Waals surface area contributed by atoms with Crippen molar-refractivity contribution < 1.29 is 18.3 Å². The summed E-state index contributed by atoms with van der Waals surface area (Å²) in [7, 11) is 0. The van der Waals surface area contributed by atoms with E-state index < -0.39 is 23.1 Å². The Hall–Kier alpha value is -1.07. The van der Waals surface area contributed by atoms with Crippen LogP contribution < -0.4 is 5.32 Å². The van der Waals surface area contributed by atoms with Gasteiger partial charge in [-0.05, 0) is 30.7 Å². The summed E-state index contributed by atoms with van der Waals surface area (Å²) in [6.45, 7) is 1.05. The van der Waals surface area contributed by atoms with E-state index >= 15 is 0 Å². The lowest BCUT2D eigenvalue weighted by Gasteiger charge is -2.21. The van der Waals surface area contributed by atoms with E-state index in [2.05, 4.69) is 5.32 Å². The van der Waals surface area contributed by atoms with Gasteiger partial charge >= 0.3 is 0 Å². The third kappa shape index (κ3) is 2.20. The molecule has 2 nitrogen and oxygen atoms in total. The molecule has 1 atom stereocenters. The van der Waals surface area contributed by atoms with E-state index in [1.54, 1.807) is 0 Å². The Balaban J connectivity index is 2.22. The Morgan fingerprint density at radius 2 is 1.88 bits per heavy atom. The summed E-state index contributed by atoms with van der Waals surface area (Å²) >= 11 is 0. The van der Waals surface area contributed by atoms with E-state index in [0.29, 0.717) is 19.5 Å². The van der Waals surface area contributed by atoms with E-state index in [0.717, 1.165) is 12.1 Å². The number of benzene rings is 1. The maximum Gasteiger partial charge on any atom is 0.194 e. The van der Waals surface area contributed by atoms with Crippen molar-refractivity contribution in [3.63, 3.8) is 0 Å². The Morgan fingerprint density at radius 1 is 1.25 bits per heavy atom. The minimum Gasteiger partial charge on any atom is -0.388 e. The van der Waals surface area contributed by atoms with Crippen LogP contribution in [0.1, 0.15) is 12.0 Å². The van der Waals surface area contributed by atoms with Gasteiger partial charge in [0.1, 0.15) is 0 Å². The van der Waals surface area contributed by atoms with E-state index in [9.17, 15) is 18.3 Å². The fourth-order valence-corrected chi connectivity index (χ4v) is 1.97. The third-order valence-corrected chi connectivity index (χ3v) is 2.80. The number of aliphatic hydroxyl groups is 1. The van der Waals surface area contributed by atoms with Gasteiger partial charge in [-0.15, -0.1) is 0 Å². The average Bonchev–Trinajstić information content (AvgIpc) is 2.61. The highest BCUT2D eigenvalue weighted by Crippen LogP contribution is 2.22. The molecule has 0 radical (unpaired) electrons. The van der Waals surface area contributed by atoms with Gasteiger partial charge in [-0.25, -0.2) is 13.2 Å². The van der Waals surface area contributed by atoms with Gasteiger partial charge < -0.3 is 10.4 Å². The van der Waals surface area contributed by atoms with Gasteiger partial charge in [0.15, 0.2) is 17.5 Å². The van der Waals surface area contributed by atoms with Crippen LogP contribution in [0.2, 0.25) is 0 Å². The molecule has 1 aromatic rings. The lowest BCUT2D eigenvalue weighted by atomic mass is 9.93. The lowest BCUT2D eigenvalue weighted by Crippen LogP contribution is -2.33. The molecule has 0 bridgehead atoms. The topological polar surface area (TPSA) is 32.3 Å². The zero-order valence-electron chi connectivity index (χ0n) is 8.56. The quantitative estimate of drug-likeness (QED) is 0.753. The minimum absolute atomic E-state index is 0.119. The summed E-state index contributed by atoms with van der Waals surface area (Å²) in [6, 6.07) is 1.85. The van der Waals surface area contributed by atoms with Crippen LogP contribution in [0.5, 0.6) is 0 Å². The highest BCUT2D eigenvalue weighted by Gasteiger charge is 2.31. The summed E-state index contributed by atoms with van der Waals surface area (Å²) in [5.41, 5.74) is -0.723. The van der Waals surface area contributed by atoms with Crippen LogP contribution in [0.15, 0.2) is 12.1 Å². The molecule has 1 aromatic carbocycles. The summed E-state index contributed by atoms with van der Waals surface area (Å²) < 4.78 is 38.5. The van der Waals surface area contributed by atoms with Gasteiger partial charge in [0, 0.05) is 13.0 Å². The van der Waals surface area contributed by atoms with Gasteiger partial charge in [0.25, 0.3) is 0 Å². The first-order valence-electron chi connectivity index (χ1n) is 5.07. The molecule has 0 spiro atoms. The van der Waals surface area contributed by atoms with Crippen molar-refractivity contribution in [3.05, 3.63) is 35.1 Å². The molecule has 0 aliphatic carbocycles. The Kier molecular flexibility index (Phi) is 2.90. The second kappa shape index (κ2) is 4.07. The summed E-state index contributed by atoms with van der Waals surface area (Å²) in [6.07, 6.45) is 0.641. The Bertz CT molecular complexity index is 379. The van der Waals surface area contributed by atoms with Crippen molar-refractivity contribution in [2.75, 3.05) is 13.1 Å². The molecule has 88 valence electrons. The van der Waals surface area contributed by atoms with Gasteiger partial charge in [0.2, 0.25) is 0 Å². The van der Waals surface area contributed by atoms with Gasteiger partial charge in [-0.2, -0.15) is 0 Å². The highest BCUT2D eigenvalue weighted by molar-refractivity contribution is 5.21. The fourth-order valence-electron chi connectivity index (χ4n) is 1.97. The first-order valence-corrected chi connectivity index (χ1v) is 5.07. The smallest absolute Gasteiger partial charge is 0.194 e. The van der Waals surface area contributed by atoms with E-state index in [1.807, 2.05) is 0 Å². The maximum atomic E-state index is 12.9. The second-order valence-electron chi connectivity index (χ2n) is 4.20. The van der Waals surface area contributed by atoms with E-state index in [4.69, 9.17) is 0 Å². The van der Waals surface area contributed by atoms with Crippen LogP contribution in [-0.2, 0) is 6.42 Å². The molecule has 2 N–H and O–H groups in total. The SMILES string of the molecule is OC1(Cc2cc(F)c(F)c(F)c2)CCNC1. The maximum absolute atomic E-state index is 12.9. The molecule has 1 fully saturated rings. The molecular formula is C11H12F3NO. The molecule has 16 heavy (non-hydrogen) atoms. The third-order valence-electron chi connectivity index (χ3n) is 2.80. The minimum atomic E-state index is -1.47. The van der Waals surface area contributed by atoms with Crippen LogP contribution in [0.25, 0.3) is 0 Å². The van der Waals surface area contributed by atoms with Crippen LogP contribution in [0, 0.1) is 17.5 Å². The first-order chi connectivity index (χ1) is 7.50. The first kappa shape index (κ1) is 11.4. The van der Waals surface area contributed by atoms with Crippen LogP contribution >= 0.6 is 0 Å². The predicted molar refractivity (Wildman–Crippen MR) is 52.5 cm³/mol. The molecule has 5 heteroatoms. The average molecular weight is 231 g/mol. The zero-order valence-corrected chi connectivity index (χ0v) is 8.56. The van der Waals surface area contributed by atoms with Gasteiger partial charge in [0.05, 0.1) is 5.60 Å². The molecule has 1 heterocycles. The van der Waals surface area contributed by atoms with Crippen molar-refractivity contribution in [2.24, 2.45) is 0 Å². The Morgan fingerprint density at radius 3 is 2.38 bits per heavy atom. The molecule has 0 amide bonds. The predicted octanol–water partition coefficient (Wildman–Crippen LogP) is 1.37. The highest BCUT2D eigenvalue weighted by atomic mass is 19.2. The molecule has 0 aromatic heterocycles. The summed E-state index contributed by atoms with van der Waals surface area (Å²) in [5.74, 6) is -3.91. The molecule has 1 aliphatic rings. The van der Waals surface area contributed by atoms with Crippen molar-refractivity contribution >= 4 is 0 Å². The van der Waals surface area contributed by atoms with Crippen LogP contribution in [0.4, 0.5) is 13.2 Å². The van der Waals surface area contributed by atoms with Crippen LogP contribution in [-0.4, -0.2) is 23.8 Å². The van der Waals surface area contributed by atoms with Crippen molar-refractivity contribution in [1.82, 2.24) is 5.32 Å². The normalized spacial score (nSPS) is 25.0. The lowest BCUT2D eigenvalue weighted by molar-refractivity contribution is 0.0617. The molecule has 1 unspecified atom stereocenters. The molecular weight excluding hydrogens is 219 g/mol. The van der Waals surface area contributed by atoms with E-state index in [-0.39, 0.29) is 12.0 Å². The second-order valence-corrected chi connectivity index (χ2v) is 4.20.